The Kier molecular flexibility index (Phi) is 10.2. The molecule has 0 amide bonds. The first-order chi connectivity index (χ1) is 18.8. The van der Waals surface area contributed by atoms with Crippen molar-refractivity contribution in [1.82, 2.24) is 0 Å². The lowest BCUT2D eigenvalue weighted by Gasteiger charge is -2.17. The zero-order valence-corrected chi connectivity index (χ0v) is 26.9. The van der Waals surface area contributed by atoms with Crippen molar-refractivity contribution < 1.29 is 22.1 Å². The van der Waals surface area contributed by atoms with Crippen LogP contribution in [0.1, 0.15) is 17.5 Å². The number of allylic oxidation sites excluding steroid dienone is 3. The molecule has 0 heterocycles. The number of rotatable bonds is 11. The number of sulfone groups is 1. The molecular weight excluding hydrogens is 559 g/mol. The summed E-state index contributed by atoms with van der Waals surface area (Å²) in [7, 11) is -5.05. The van der Waals surface area contributed by atoms with Crippen molar-refractivity contribution >= 4 is 39.4 Å². The molecule has 9 heteroatoms. The Morgan fingerprint density at radius 1 is 0.875 bits per heavy atom. The molecule has 1 unspecified atom stereocenters. The minimum absolute atomic E-state index is 0.192. The van der Waals surface area contributed by atoms with Gasteiger partial charge in [0.25, 0.3) is 0 Å². The van der Waals surface area contributed by atoms with E-state index in [1.54, 1.807) is 68.0 Å². The maximum Gasteiger partial charge on any atom is 0.203 e. The first kappa shape index (κ1) is 31.4. The summed E-state index contributed by atoms with van der Waals surface area (Å²) in [6.45, 7) is 8.62. The van der Waals surface area contributed by atoms with Crippen molar-refractivity contribution in [2.24, 2.45) is 4.36 Å². The van der Waals surface area contributed by atoms with E-state index in [9.17, 15) is 12.6 Å². The van der Waals surface area contributed by atoms with Crippen LogP contribution in [0.4, 0.5) is 5.69 Å². The quantitative estimate of drug-likeness (QED) is 0.166. The monoisotopic (exact) mass is 597 g/mol. The van der Waals surface area contributed by atoms with E-state index in [4.69, 9.17) is 13.8 Å². The summed E-state index contributed by atoms with van der Waals surface area (Å²) in [5, 5.41) is 0. The van der Waals surface area contributed by atoms with Gasteiger partial charge in [-0.1, -0.05) is 68.2 Å². The Balaban J connectivity index is 2.33. The molecule has 0 fully saturated rings. The van der Waals surface area contributed by atoms with Crippen molar-refractivity contribution in [2.75, 3.05) is 20.5 Å². The van der Waals surface area contributed by atoms with Crippen LogP contribution in [0.15, 0.2) is 97.9 Å². The molecule has 0 saturated carbocycles. The number of benzene rings is 3. The molecule has 3 aromatic carbocycles. The van der Waals surface area contributed by atoms with Gasteiger partial charge in [-0.25, -0.2) is 12.6 Å². The van der Waals surface area contributed by atoms with Gasteiger partial charge in [0.15, 0.2) is 5.75 Å². The number of ether oxygens (including phenoxy) is 2. The van der Waals surface area contributed by atoms with Gasteiger partial charge in [0.2, 0.25) is 9.84 Å². The van der Waals surface area contributed by atoms with Gasteiger partial charge in [0.1, 0.15) is 11.4 Å². The third-order valence-corrected chi connectivity index (χ3v) is 11.3. The van der Waals surface area contributed by atoms with E-state index in [-0.39, 0.29) is 16.2 Å². The zero-order chi connectivity index (χ0) is 29.6. The molecule has 0 aliphatic heterocycles. The van der Waals surface area contributed by atoms with Crippen LogP contribution in [0, 0.1) is 6.92 Å². The Bertz CT molecular complexity index is 1620. The fraction of sp³-hybridized carbons (Fsp3) is 0.290. The highest BCUT2D eigenvalue weighted by Crippen LogP contribution is 2.43. The molecule has 40 heavy (non-hydrogen) atoms. The van der Waals surface area contributed by atoms with Crippen LogP contribution in [0.5, 0.6) is 11.5 Å². The maximum absolute atomic E-state index is 13.9. The molecule has 0 bridgehead atoms. The molecule has 0 saturated heterocycles. The fourth-order valence-corrected chi connectivity index (χ4v) is 7.71. The van der Waals surface area contributed by atoms with E-state index in [1.165, 1.54) is 7.11 Å². The van der Waals surface area contributed by atoms with Crippen LogP contribution in [0.2, 0.25) is 25.7 Å². The average molecular weight is 598 g/mol. The summed E-state index contributed by atoms with van der Waals surface area (Å²) in [6, 6.07) is 20.0. The number of hydrogen-bond acceptors (Lipinski definition) is 6. The molecule has 6 nitrogen and oxygen atoms in total. The van der Waals surface area contributed by atoms with E-state index >= 15 is 0 Å². The van der Waals surface area contributed by atoms with Crippen LogP contribution < -0.4 is 9.47 Å². The molecule has 1 atom stereocenters. The standard InChI is InChI=1S/C31H39NO5S2Si/c1-24-29(36-2)23-25(30(31(24)37-3)32-38(4,33)26-16-10-8-11-17-26)22-28(20-14-15-21-40(5,6)7)39(34,35)27-18-12-9-13-19-27/h8-19,22-23H,20-21H2,1-7H3/b15-14+,28-22-. The minimum Gasteiger partial charge on any atom is -0.496 e. The second-order valence-corrected chi connectivity index (χ2v) is 20.5. The number of hydrogen-bond donors (Lipinski definition) is 0. The van der Waals surface area contributed by atoms with Gasteiger partial charge in [-0.15, -0.1) is 0 Å². The second-order valence-electron chi connectivity index (χ2n) is 10.7. The zero-order valence-electron chi connectivity index (χ0n) is 24.3. The Labute approximate surface area is 240 Å². The van der Waals surface area contributed by atoms with Crippen LogP contribution in [-0.2, 0) is 19.6 Å². The highest BCUT2D eigenvalue weighted by atomic mass is 32.2. The molecule has 3 rings (SSSR count). The van der Waals surface area contributed by atoms with Gasteiger partial charge >= 0.3 is 0 Å². The van der Waals surface area contributed by atoms with Gasteiger partial charge in [-0.05, 0) is 49.4 Å². The van der Waals surface area contributed by atoms with Gasteiger partial charge in [-0.2, -0.15) is 4.36 Å². The first-order valence-corrected chi connectivity index (χ1v) is 20.1. The lowest BCUT2D eigenvalue weighted by Crippen LogP contribution is -2.17. The Hall–Kier alpha value is -3.14. The van der Waals surface area contributed by atoms with Crippen LogP contribution in [0.25, 0.3) is 6.08 Å². The second kappa shape index (κ2) is 13.0. The van der Waals surface area contributed by atoms with E-state index < -0.39 is 27.6 Å². The number of methoxy groups -OCH3 is 2. The first-order valence-electron chi connectivity index (χ1n) is 13.0. The maximum atomic E-state index is 13.9. The normalized spacial score (nSPS) is 14.1. The van der Waals surface area contributed by atoms with Crippen molar-refractivity contribution in [3.05, 3.63) is 94.9 Å². The molecule has 3 aromatic rings. The van der Waals surface area contributed by atoms with Crippen LogP contribution >= 0.6 is 0 Å². The van der Waals surface area contributed by atoms with Crippen molar-refractivity contribution in [3.8, 4) is 11.5 Å². The van der Waals surface area contributed by atoms with E-state index in [2.05, 4.69) is 25.7 Å². The van der Waals surface area contributed by atoms with E-state index in [1.807, 2.05) is 31.2 Å². The average Bonchev–Trinajstić information content (AvgIpc) is 2.92. The predicted octanol–water partition coefficient (Wildman–Crippen LogP) is 7.90. The molecule has 0 spiro atoms. The Morgan fingerprint density at radius 2 is 1.45 bits per heavy atom. The smallest absolute Gasteiger partial charge is 0.203 e. The largest absolute Gasteiger partial charge is 0.496 e. The third-order valence-electron chi connectivity index (χ3n) is 6.29. The highest BCUT2D eigenvalue weighted by molar-refractivity contribution is 7.95. The van der Waals surface area contributed by atoms with Gasteiger partial charge in [0.05, 0.1) is 33.7 Å². The molecule has 0 aliphatic rings. The SMILES string of the molecule is COc1cc(/C=C(/C/C=C/C[Si](C)(C)C)S(=O)(=O)c2ccccc2)c(N=S(C)(=O)c2ccccc2)c(OC)c1C. The van der Waals surface area contributed by atoms with Crippen LogP contribution in [-0.4, -0.2) is 41.2 Å². The van der Waals surface area contributed by atoms with Gasteiger partial charge < -0.3 is 9.47 Å². The summed E-state index contributed by atoms with van der Waals surface area (Å²) in [6.07, 6.45) is 7.34. The minimum atomic E-state index is -3.85. The molecule has 0 N–H and O–H groups in total. The topological polar surface area (TPSA) is 82.0 Å². The summed E-state index contributed by atoms with van der Waals surface area (Å²) in [5.74, 6) is 0.886. The summed E-state index contributed by atoms with van der Waals surface area (Å²) < 4.78 is 57.7. The third kappa shape index (κ3) is 7.74. The molecule has 214 valence electrons. The van der Waals surface area contributed by atoms with Gasteiger partial charge in [0, 0.05) is 36.8 Å². The van der Waals surface area contributed by atoms with Crippen LogP contribution in [0.3, 0.4) is 0 Å². The fourth-order valence-electron chi connectivity index (χ4n) is 4.11. The van der Waals surface area contributed by atoms with Crippen molar-refractivity contribution in [2.45, 2.75) is 48.8 Å². The van der Waals surface area contributed by atoms with Crippen molar-refractivity contribution in [3.63, 3.8) is 0 Å². The molecule has 0 aromatic heterocycles. The van der Waals surface area contributed by atoms with Crippen molar-refractivity contribution in [1.29, 1.82) is 0 Å². The molecular formula is C31H39NO5S2Si. The summed E-state index contributed by atoms with van der Waals surface area (Å²) in [4.78, 5) is 0.956. The summed E-state index contributed by atoms with van der Waals surface area (Å²) >= 11 is 0. The van der Waals surface area contributed by atoms with Gasteiger partial charge in [-0.3, -0.25) is 0 Å². The predicted molar refractivity (Wildman–Crippen MR) is 169 cm³/mol. The number of nitrogens with zero attached hydrogens (tertiary/aromatic N) is 1. The lowest BCUT2D eigenvalue weighted by atomic mass is 10.1. The van der Waals surface area contributed by atoms with E-state index in [0.717, 1.165) is 6.04 Å². The molecule has 0 radical (unpaired) electrons. The lowest BCUT2D eigenvalue weighted by molar-refractivity contribution is 0.389. The molecule has 0 aliphatic carbocycles. The van der Waals surface area contributed by atoms with E-state index in [0.29, 0.717) is 33.2 Å². The Morgan fingerprint density at radius 3 is 1.98 bits per heavy atom. The highest BCUT2D eigenvalue weighted by Gasteiger charge is 2.23. The summed E-state index contributed by atoms with van der Waals surface area (Å²) in [5.41, 5.74) is 1.42.